The molecule has 0 saturated carbocycles. The number of likely N-dealkylation sites (tertiary alicyclic amines) is 1. The maximum atomic E-state index is 13.3. The van der Waals surface area contributed by atoms with Crippen molar-refractivity contribution in [2.75, 3.05) is 33.7 Å². The number of aliphatic hydroxyl groups excluding tert-OH is 1. The second kappa shape index (κ2) is 12.4. The molecule has 1 saturated heterocycles. The summed E-state index contributed by atoms with van der Waals surface area (Å²) in [6.07, 6.45) is 9.71. The van der Waals surface area contributed by atoms with Crippen LogP contribution in [0, 0.1) is 5.41 Å². The van der Waals surface area contributed by atoms with Crippen molar-refractivity contribution in [1.29, 1.82) is 5.41 Å². The molecule has 4 rings (SSSR count). The first-order chi connectivity index (χ1) is 17.8. The zero-order chi connectivity index (χ0) is 26.4. The lowest BCUT2D eigenvalue weighted by molar-refractivity contribution is -0.114. The maximum absolute atomic E-state index is 13.3. The minimum Gasteiger partial charge on any atom is -0.393 e. The molecule has 37 heavy (non-hydrogen) atoms. The molecule has 3 heterocycles. The molecule has 1 aromatic carbocycles. The minimum absolute atomic E-state index is 0.201. The molecule has 196 valence electrons. The van der Waals surface area contributed by atoms with Crippen LogP contribution in [-0.4, -0.2) is 83.6 Å². The molecule has 1 amide bonds. The number of rotatable bonds is 9. The van der Waals surface area contributed by atoms with Crippen LogP contribution in [0.15, 0.2) is 53.4 Å². The van der Waals surface area contributed by atoms with Gasteiger partial charge in [-0.15, -0.1) is 0 Å². The molecule has 0 bridgehead atoms. The average molecular weight is 503 g/mol. The number of benzene rings is 1. The molecule has 3 N–H and O–H groups in total. The van der Waals surface area contributed by atoms with Crippen molar-refractivity contribution in [3.63, 3.8) is 0 Å². The van der Waals surface area contributed by atoms with Crippen molar-refractivity contribution >= 4 is 17.8 Å². The van der Waals surface area contributed by atoms with Gasteiger partial charge in [0, 0.05) is 62.0 Å². The van der Waals surface area contributed by atoms with Gasteiger partial charge in [-0.05, 0) is 75.5 Å². The van der Waals surface area contributed by atoms with Crippen LogP contribution in [0.2, 0.25) is 0 Å². The van der Waals surface area contributed by atoms with E-state index in [2.05, 4.69) is 50.2 Å². The fraction of sp³-hybridized carbons (Fsp3) is 0.448. The van der Waals surface area contributed by atoms with E-state index in [1.807, 2.05) is 38.6 Å². The van der Waals surface area contributed by atoms with Gasteiger partial charge in [-0.3, -0.25) is 14.8 Å². The monoisotopic (exact) mass is 502 g/mol. The number of aliphatic hydroxyl groups is 1. The van der Waals surface area contributed by atoms with Crippen LogP contribution in [0.3, 0.4) is 0 Å². The molecule has 0 spiro atoms. The minimum atomic E-state index is -0.291. The Morgan fingerprint density at radius 3 is 2.76 bits per heavy atom. The topological polar surface area (TPSA) is 105 Å². The van der Waals surface area contributed by atoms with Gasteiger partial charge in [0.1, 0.15) is 5.71 Å². The Morgan fingerprint density at radius 2 is 2.03 bits per heavy atom. The summed E-state index contributed by atoms with van der Waals surface area (Å²) in [5.41, 5.74) is 5.95. The fourth-order valence-electron chi connectivity index (χ4n) is 4.97. The summed E-state index contributed by atoms with van der Waals surface area (Å²) in [5.74, 6) is -0.291. The summed E-state index contributed by atoms with van der Waals surface area (Å²) in [6.45, 7) is 5.25. The van der Waals surface area contributed by atoms with Gasteiger partial charge in [0.25, 0.3) is 5.91 Å². The number of hydrogen-bond acceptors (Lipinski definition) is 7. The van der Waals surface area contributed by atoms with E-state index >= 15 is 0 Å². The summed E-state index contributed by atoms with van der Waals surface area (Å²) < 4.78 is 0. The lowest BCUT2D eigenvalue weighted by Gasteiger charge is -2.34. The van der Waals surface area contributed by atoms with E-state index in [0.29, 0.717) is 24.4 Å². The third-order valence-corrected chi connectivity index (χ3v) is 7.07. The van der Waals surface area contributed by atoms with Gasteiger partial charge in [0.15, 0.2) is 0 Å². The predicted molar refractivity (Wildman–Crippen MR) is 148 cm³/mol. The van der Waals surface area contributed by atoms with Crippen LogP contribution < -0.4 is 5.32 Å². The summed E-state index contributed by atoms with van der Waals surface area (Å²) >= 11 is 0. The summed E-state index contributed by atoms with van der Waals surface area (Å²) in [7, 11) is 4.06. The number of aromatic nitrogens is 1. The Bertz CT molecular complexity index is 1180. The number of hydrogen-bond donors (Lipinski definition) is 3. The third kappa shape index (κ3) is 6.97. The standard InChI is InChI=1S/C29H38N6O2/c1-20(35-12-9-26(36)10-13-35)4-7-25(16-30)33-29(37)28-27-15-23(6-5-22(27)8-11-32-28)24-14-21(17-31-18-24)19-34(2)3/h5-7,14-18,20,26,30,36H,4,8-13,19H2,1-3H3,(H,33,37)/b25-7+,30-16?. The van der Waals surface area contributed by atoms with E-state index in [-0.39, 0.29) is 18.1 Å². The van der Waals surface area contributed by atoms with Gasteiger partial charge < -0.3 is 25.6 Å². The smallest absolute Gasteiger partial charge is 0.274 e. The van der Waals surface area contributed by atoms with E-state index in [1.165, 1.54) is 6.21 Å². The number of carbonyl (C=O) groups excluding carboxylic acids is 1. The number of fused-ring (bicyclic) bond motifs is 1. The van der Waals surface area contributed by atoms with E-state index in [1.54, 1.807) is 0 Å². The number of amides is 1. The lowest BCUT2D eigenvalue weighted by atomic mass is 9.93. The van der Waals surface area contributed by atoms with Gasteiger partial charge in [-0.2, -0.15) is 0 Å². The lowest BCUT2D eigenvalue weighted by Crippen LogP contribution is -2.41. The molecule has 1 aromatic heterocycles. The van der Waals surface area contributed by atoms with Crippen LogP contribution in [0.5, 0.6) is 0 Å². The van der Waals surface area contributed by atoms with E-state index in [0.717, 1.165) is 66.7 Å². The molecular formula is C29H38N6O2. The number of nitrogens with zero attached hydrogens (tertiary/aromatic N) is 4. The third-order valence-electron chi connectivity index (χ3n) is 7.07. The highest BCUT2D eigenvalue weighted by molar-refractivity contribution is 6.46. The average Bonchev–Trinajstić information content (AvgIpc) is 2.90. The first-order valence-electron chi connectivity index (χ1n) is 13.0. The largest absolute Gasteiger partial charge is 0.393 e. The van der Waals surface area contributed by atoms with Crippen LogP contribution >= 0.6 is 0 Å². The highest BCUT2D eigenvalue weighted by atomic mass is 16.3. The zero-order valence-electron chi connectivity index (χ0n) is 22.1. The van der Waals surface area contributed by atoms with Crippen molar-refractivity contribution in [2.45, 2.75) is 51.3 Å². The molecular weight excluding hydrogens is 464 g/mol. The van der Waals surface area contributed by atoms with Gasteiger partial charge >= 0.3 is 0 Å². The maximum Gasteiger partial charge on any atom is 0.274 e. The Kier molecular flexibility index (Phi) is 8.97. The highest BCUT2D eigenvalue weighted by Crippen LogP contribution is 2.26. The molecule has 1 unspecified atom stereocenters. The molecule has 1 atom stereocenters. The number of piperidine rings is 1. The van der Waals surface area contributed by atoms with E-state index in [9.17, 15) is 9.90 Å². The van der Waals surface area contributed by atoms with Gasteiger partial charge in [0.05, 0.1) is 11.8 Å². The molecule has 8 heteroatoms. The predicted octanol–water partition coefficient (Wildman–Crippen LogP) is 3.04. The highest BCUT2D eigenvalue weighted by Gasteiger charge is 2.23. The Labute approximate surface area is 219 Å². The summed E-state index contributed by atoms with van der Waals surface area (Å²) in [5, 5.41) is 20.5. The summed E-state index contributed by atoms with van der Waals surface area (Å²) in [6, 6.07) is 8.60. The number of allylic oxidation sites excluding steroid dienone is 1. The van der Waals surface area contributed by atoms with Crippen molar-refractivity contribution in [3.8, 4) is 11.1 Å². The molecule has 2 aliphatic rings. The first-order valence-corrected chi connectivity index (χ1v) is 13.0. The van der Waals surface area contributed by atoms with Crippen LogP contribution in [0.25, 0.3) is 11.1 Å². The SMILES string of the molecule is CC(C/C=C(\C=N)NC(=O)C1=NCCc2ccc(-c3cncc(CN(C)C)c3)cc21)N1CCC(O)CC1. The van der Waals surface area contributed by atoms with Gasteiger partial charge in [-0.1, -0.05) is 18.2 Å². The number of nitrogens with one attached hydrogen (secondary N) is 2. The van der Waals surface area contributed by atoms with Gasteiger partial charge in [0.2, 0.25) is 0 Å². The first kappa shape index (κ1) is 26.9. The molecule has 8 nitrogen and oxygen atoms in total. The van der Waals surface area contributed by atoms with Crippen LogP contribution in [-0.2, 0) is 17.8 Å². The van der Waals surface area contributed by atoms with Crippen molar-refractivity contribution in [2.24, 2.45) is 4.99 Å². The molecule has 2 aromatic rings. The molecule has 1 fully saturated rings. The van der Waals surface area contributed by atoms with Crippen molar-refractivity contribution < 1.29 is 9.90 Å². The number of aliphatic imine (C=N–C) groups is 1. The van der Waals surface area contributed by atoms with Crippen LogP contribution in [0.4, 0.5) is 0 Å². The number of pyridine rings is 1. The molecule has 2 aliphatic heterocycles. The number of carbonyl (C=O) groups is 1. The summed E-state index contributed by atoms with van der Waals surface area (Å²) in [4.78, 5) is 26.7. The molecule has 0 radical (unpaired) electrons. The second-order valence-corrected chi connectivity index (χ2v) is 10.3. The zero-order valence-corrected chi connectivity index (χ0v) is 22.1. The molecule has 0 aliphatic carbocycles. The Hall–Kier alpha value is -3.20. The fourth-order valence-corrected chi connectivity index (χ4v) is 4.97. The Balaban J connectivity index is 1.48. The quantitative estimate of drug-likeness (QED) is 0.457. The van der Waals surface area contributed by atoms with Crippen molar-refractivity contribution in [3.05, 3.63) is 65.1 Å². The van der Waals surface area contributed by atoms with Gasteiger partial charge in [-0.25, -0.2) is 0 Å². The van der Waals surface area contributed by atoms with E-state index < -0.39 is 0 Å². The van der Waals surface area contributed by atoms with Crippen LogP contribution in [0.1, 0.15) is 42.9 Å². The van der Waals surface area contributed by atoms with E-state index in [4.69, 9.17) is 5.41 Å². The normalized spacial score (nSPS) is 17.8. The Morgan fingerprint density at radius 1 is 1.24 bits per heavy atom. The second-order valence-electron chi connectivity index (χ2n) is 10.3. The van der Waals surface area contributed by atoms with Crippen molar-refractivity contribution in [1.82, 2.24) is 20.1 Å².